The van der Waals surface area contributed by atoms with Crippen molar-refractivity contribution in [3.05, 3.63) is 41.9 Å². The standard InChI is InChI=1S/C14H18N4O2S/c1-10-5-6-12-11(2)18(9-8-17(10)12)21(19,20)13-4-3-7-16-14(13)15/h3-7,11H,8-9H2,1-2H3,(H2,15,16). The summed E-state index contributed by atoms with van der Waals surface area (Å²) in [4.78, 5) is 3.96. The molecule has 0 radical (unpaired) electrons. The van der Waals surface area contributed by atoms with Crippen LogP contribution in [-0.4, -0.2) is 28.8 Å². The van der Waals surface area contributed by atoms with Gasteiger partial charge in [0.05, 0.1) is 6.04 Å². The lowest BCUT2D eigenvalue weighted by Crippen LogP contribution is -2.41. The summed E-state index contributed by atoms with van der Waals surface area (Å²) in [6, 6.07) is 6.86. The van der Waals surface area contributed by atoms with Gasteiger partial charge in [0, 0.05) is 30.7 Å². The molecule has 1 unspecified atom stereocenters. The van der Waals surface area contributed by atoms with Crippen molar-refractivity contribution in [2.75, 3.05) is 12.3 Å². The van der Waals surface area contributed by atoms with E-state index >= 15 is 0 Å². The molecule has 0 aliphatic carbocycles. The van der Waals surface area contributed by atoms with Gasteiger partial charge >= 0.3 is 0 Å². The molecule has 21 heavy (non-hydrogen) atoms. The first-order valence-electron chi connectivity index (χ1n) is 6.81. The van der Waals surface area contributed by atoms with Gasteiger partial charge in [-0.05, 0) is 38.1 Å². The van der Waals surface area contributed by atoms with Crippen molar-refractivity contribution in [3.63, 3.8) is 0 Å². The summed E-state index contributed by atoms with van der Waals surface area (Å²) in [5.41, 5.74) is 7.89. The van der Waals surface area contributed by atoms with Crippen molar-refractivity contribution in [1.82, 2.24) is 13.9 Å². The smallest absolute Gasteiger partial charge is 0.247 e. The van der Waals surface area contributed by atoms with E-state index in [1.807, 2.05) is 26.0 Å². The molecule has 1 aliphatic heterocycles. The summed E-state index contributed by atoms with van der Waals surface area (Å²) in [7, 11) is -3.64. The molecule has 1 aliphatic rings. The fourth-order valence-corrected chi connectivity index (χ4v) is 4.54. The van der Waals surface area contributed by atoms with E-state index in [-0.39, 0.29) is 16.8 Å². The van der Waals surface area contributed by atoms with Crippen LogP contribution in [0.5, 0.6) is 0 Å². The summed E-state index contributed by atoms with van der Waals surface area (Å²) in [6.45, 7) is 5.01. The number of sulfonamides is 1. The molecule has 0 fully saturated rings. The minimum atomic E-state index is -3.64. The first kappa shape index (κ1) is 14.1. The third kappa shape index (κ3) is 2.13. The van der Waals surface area contributed by atoms with E-state index in [2.05, 4.69) is 9.55 Å². The number of anilines is 1. The van der Waals surface area contributed by atoms with Crippen molar-refractivity contribution in [1.29, 1.82) is 0 Å². The van der Waals surface area contributed by atoms with Crippen LogP contribution >= 0.6 is 0 Å². The largest absolute Gasteiger partial charge is 0.383 e. The highest BCUT2D eigenvalue weighted by molar-refractivity contribution is 7.89. The Bertz CT molecular complexity index is 782. The van der Waals surface area contributed by atoms with Gasteiger partial charge in [-0.3, -0.25) is 0 Å². The quantitative estimate of drug-likeness (QED) is 0.912. The zero-order valence-electron chi connectivity index (χ0n) is 12.0. The molecule has 0 saturated heterocycles. The maximum atomic E-state index is 12.8. The molecule has 0 bridgehead atoms. The van der Waals surface area contributed by atoms with Crippen LogP contribution in [0, 0.1) is 6.92 Å². The van der Waals surface area contributed by atoms with Gasteiger partial charge in [0.15, 0.2) is 0 Å². The van der Waals surface area contributed by atoms with Gasteiger partial charge in [-0.25, -0.2) is 13.4 Å². The van der Waals surface area contributed by atoms with Gasteiger partial charge in [0.1, 0.15) is 10.7 Å². The molecule has 0 amide bonds. The van der Waals surface area contributed by atoms with Gasteiger partial charge < -0.3 is 10.3 Å². The first-order valence-corrected chi connectivity index (χ1v) is 8.25. The highest BCUT2D eigenvalue weighted by Gasteiger charge is 2.35. The highest BCUT2D eigenvalue weighted by atomic mass is 32.2. The fourth-order valence-electron chi connectivity index (χ4n) is 2.88. The summed E-state index contributed by atoms with van der Waals surface area (Å²) in [5.74, 6) is 0.0434. The predicted octanol–water partition coefficient (Wildman–Crippen LogP) is 1.54. The maximum absolute atomic E-state index is 12.8. The third-order valence-corrected chi connectivity index (χ3v) is 6.04. The average Bonchev–Trinajstić information content (AvgIpc) is 2.82. The Morgan fingerprint density at radius 2 is 2.05 bits per heavy atom. The zero-order chi connectivity index (χ0) is 15.2. The fraction of sp³-hybridized carbons (Fsp3) is 0.357. The van der Waals surface area contributed by atoms with Crippen LogP contribution in [0.4, 0.5) is 5.82 Å². The molecule has 112 valence electrons. The van der Waals surface area contributed by atoms with Crippen molar-refractivity contribution in [2.24, 2.45) is 0 Å². The van der Waals surface area contributed by atoms with Crippen molar-refractivity contribution >= 4 is 15.8 Å². The SMILES string of the molecule is Cc1ccc2n1CCN(S(=O)(=O)c1cccnc1N)C2C. The second-order valence-corrected chi connectivity index (χ2v) is 7.09. The maximum Gasteiger partial charge on any atom is 0.247 e. The van der Waals surface area contributed by atoms with E-state index in [9.17, 15) is 8.42 Å². The minimum Gasteiger partial charge on any atom is -0.383 e. The minimum absolute atomic E-state index is 0.0434. The molecule has 0 spiro atoms. The Labute approximate surface area is 124 Å². The molecule has 2 aromatic heterocycles. The van der Waals surface area contributed by atoms with E-state index < -0.39 is 10.0 Å². The molecule has 6 nitrogen and oxygen atoms in total. The third-order valence-electron chi connectivity index (χ3n) is 4.02. The number of fused-ring (bicyclic) bond motifs is 1. The van der Waals surface area contributed by atoms with Gasteiger partial charge in [0.25, 0.3) is 0 Å². The predicted molar refractivity (Wildman–Crippen MR) is 80.1 cm³/mol. The van der Waals surface area contributed by atoms with Gasteiger partial charge in [-0.15, -0.1) is 0 Å². The summed E-state index contributed by atoms with van der Waals surface area (Å²) < 4.78 is 29.3. The van der Waals surface area contributed by atoms with E-state index in [1.54, 1.807) is 6.07 Å². The molecule has 3 heterocycles. The summed E-state index contributed by atoms with van der Waals surface area (Å²) in [5, 5.41) is 0. The summed E-state index contributed by atoms with van der Waals surface area (Å²) >= 11 is 0. The second-order valence-electron chi connectivity index (χ2n) is 5.23. The topological polar surface area (TPSA) is 81.2 Å². The van der Waals surface area contributed by atoms with Gasteiger partial charge in [0.2, 0.25) is 10.0 Å². The van der Waals surface area contributed by atoms with E-state index in [0.29, 0.717) is 13.1 Å². The number of nitrogen functional groups attached to an aromatic ring is 1. The van der Waals surface area contributed by atoms with Crippen LogP contribution < -0.4 is 5.73 Å². The number of aryl methyl sites for hydroxylation is 1. The van der Waals surface area contributed by atoms with Crippen LogP contribution in [0.2, 0.25) is 0 Å². The van der Waals surface area contributed by atoms with Crippen molar-refractivity contribution in [2.45, 2.75) is 31.3 Å². The lowest BCUT2D eigenvalue weighted by atomic mass is 10.2. The molecular weight excluding hydrogens is 288 g/mol. The van der Waals surface area contributed by atoms with Crippen LogP contribution in [-0.2, 0) is 16.6 Å². The summed E-state index contributed by atoms with van der Waals surface area (Å²) in [6.07, 6.45) is 1.49. The molecule has 2 N–H and O–H groups in total. The molecule has 3 rings (SSSR count). The first-order chi connectivity index (χ1) is 9.93. The van der Waals surface area contributed by atoms with Crippen molar-refractivity contribution < 1.29 is 8.42 Å². The molecular formula is C14H18N4O2S. The molecule has 0 aromatic carbocycles. The normalized spacial score (nSPS) is 19.4. The van der Waals surface area contributed by atoms with Crippen LogP contribution in [0.1, 0.15) is 24.4 Å². The number of rotatable bonds is 2. The Kier molecular flexibility index (Phi) is 3.26. The average molecular weight is 306 g/mol. The molecule has 0 saturated carbocycles. The van der Waals surface area contributed by atoms with E-state index in [4.69, 9.17) is 5.73 Å². The van der Waals surface area contributed by atoms with Crippen LogP contribution in [0.3, 0.4) is 0 Å². The number of hydrogen-bond donors (Lipinski definition) is 1. The van der Waals surface area contributed by atoms with Crippen molar-refractivity contribution in [3.8, 4) is 0 Å². The van der Waals surface area contributed by atoms with Crippen LogP contribution in [0.15, 0.2) is 35.4 Å². The lowest BCUT2D eigenvalue weighted by Gasteiger charge is -2.34. The molecule has 2 aromatic rings. The second kappa shape index (κ2) is 4.85. The molecule has 7 heteroatoms. The Morgan fingerprint density at radius 3 is 2.76 bits per heavy atom. The van der Waals surface area contributed by atoms with Gasteiger partial charge in [-0.1, -0.05) is 0 Å². The van der Waals surface area contributed by atoms with E-state index in [0.717, 1.165) is 11.4 Å². The highest BCUT2D eigenvalue weighted by Crippen LogP contribution is 2.33. The van der Waals surface area contributed by atoms with E-state index in [1.165, 1.54) is 16.6 Å². The monoisotopic (exact) mass is 306 g/mol. The zero-order valence-corrected chi connectivity index (χ0v) is 12.8. The van der Waals surface area contributed by atoms with Gasteiger partial charge in [-0.2, -0.15) is 4.31 Å². The van der Waals surface area contributed by atoms with Crippen LogP contribution in [0.25, 0.3) is 0 Å². The number of nitrogens with zero attached hydrogens (tertiary/aromatic N) is 3. The number of pyridine rings is 1. The number of nitrogens with two attached hydrogens (primary N) is 1. The Balaban J connectivity index is 2.04. The number of hydrogen-bond acceptors (Lipinski definition) is 4. The number of aromatic nitrogens is 2. The molecule has 1 atom stereocenters. The Hall–Kier alpha value is -1.86. The lowest BCUT2D eigenvalue weighted by molar-refractivity contribution is 0.280. The Morgan fingerprint density at radius 1 is 1.29 bits per heavy atom.